The Hall–Kier alpha value is -1.84. The molecule has 4 rings (SSSR count). The standard InChI is InChI=1S/C16H23N7OS/c1-2-13(17-9-14-11-25-21-20-14)10-23(3-1)16-8-15(18-12-19-16)22-4-6-24-7-5-22/h8,11-13,17H,1-7,9-10H2. The van der Waals surface area contributed by atoms with Gasteiger partial charge in [0.1, 0.15) is 18.0 Å². The number of ether oxygens (including phenoxy) is 1. The third-order valence-corrected chi connectivity index (χ3v) is 5.25. The summed E-state index contributed by atoms with van der Waals surface area (Å²) in [6.07, 6.45) is 4.01. The van der Waals surface area contributed by atoms with Gasteiger partial charge in [0, 0.05) is 50.2 Å². The summed E-state index contributed by atoms with van der Waals surface area (Å²) >= 11 is 1.40. The van der Waals surface area contributed by atoms with Crippen molar-refractivity contribution >= 4 is 23.2 Å². The van der Waals surface area contributed by atoms with Gasteiger partial charge in [0.2, 0.25) is 0 Å². The van der Waals surface area contributed by atoms with Crippen LogP contribution >= 0.6 is 11.5 Å². The number of anilines is 2. The Balaban J connectivity index is 1.38. The minimum absolute atomic E-state index is 0.442. The highest BCUT2D eigenvalue weighted by Crippen LogP contribution is 2.22. The Kier molecular flexibility index (Phi) is 5.34. The van der Waals surface area contributed by atoms with E-state index in [0.29, 0.717) is 6.04 Å². The molecule has 0 saturated carbocycles. The Labute approximate surface area is 151 Å². The van der Waals surface area contributed by atoms with Crippen LogP contribution in [0, 0.1) is 0 Å². The number of hydrogen-bond acceptors (Lipinski definition) is 9. The summed E-state index contributed by atoms with van der Waals surface area (Å²) in [4.78, 5) is 13.6. The molecule has 8 nitrogen and oxygen atoms in total. The van der Waals surface area contributed by atoms with Gasteiger partial charge >= 0.3 is 0 Å². The maximum Gasteiger partial charge on any atom is 0.134 e. The molecule has 0 spiro atoms. The van der Waals surface area contributed by atoms with Gasteiger partial charge in [-0.25, -0.2) is 9.97 Å². The van der Waals surface area contributed by atoms with Gasteiger partial charge in [-0.05, 0) is 24.4 Å². The second-order valence-corrected chi connectivity index (χ2v) is 7.01. The summed E-state index contributed by atoms with van der Waals surface area (Å²) < 4.78 is 9.34. The molecule has 0 amide bonds. The first-order valence-electron chi connectivity index (χ1n) is 8.77. The van der Waals surface area contributed by atoms with Crippen molar-refractivity contribution in [3.05, 3.63) is 23.5 Å². The van der Waals surface area contributed by atoms with Crippen molar-refractivity contribution in [1.82, 2.24) is 24.9 Å². The number of hydrogen-bond donors (Lipinski definition) is 1. The van der Waals surface area contributed by atoms with E-state index in [0.717, 1.165) is 69.7 Å². The van der Waals surface area contributed by atoms with Gasteiger partial charge in [-0.15, -0.1) is 5.10 Å². The summed E-state index contributed by atoms with van der Waals surface area (Å²) in [7, 11) is 0. The lowest BCUT2D eigenvalue weighted by molar-refractivity contribution is 0.122. The summed E-state index contributed by atoms with van der Waals surface area (Å²) in [5.74, 6) is 2.01. The first-order valence-corrected chi connectivity index (χ1v) is 9.61. The molecule has 2 aliphatic heterocycles. The van der Waals surface area contributed by atoms with Gasteiger partial charge in [0.05, 0.1) is 18.9 Å². The Morgan fingerprint density at radius 2 is 2.00 bits per heavy atom. The van der Waals surface area contributed by atoms with Crippen molar-refractivity contribution in [2.75, 3.05) is 49.2 Å². The van der Waals surface area contributed by atoms with Crippen molar-refractivity contribution in [2.45, 2.75) is 25.4 Å². The van der Waals surface area contributed by atoms with Crippen LogP contribution in [0.5, 0.6) is 0 Å². The number of rotatable bonds is 5. The minimum atomic E-state index is 0.442. The summed E-state index contributed by atoms with van der Waals surface area (Å²) in [5.41, 5.74) is 1.01. The fourth-order valence-corrected chi connectivity index (χ4v) is 3.79. The monoisotopic (exact) mass is 361 g/mol. The molecule has 2 saturated heterocycles. The van der Waals surface area contributed by atoms with Crippen LogP contribution in [0.2, 0.25) is 0 Å². The van der Waals surface area contributed by atoms with Crippen molar-refractivity contribution < 1.29 is 4.74 Å². The van der Waals surface area contributed by atoms with Crippen LogP contribution in [0.15, 0.2) is 17.8 Å². The average molecular weight is 361 g/mol. The van der Waals surface area contributed by atoms with Crippen molar-refractivity contribution in [3.63, 3.8) is 0 Å². The highest BCUT2D eigenvalue weighted by molar-refractivity contribution is 7.03. The van der Waals surface area contributed by atoms with E-state index >= 15 is 0 Å². The van der Waals surface area contributed by atoms with Crippen LogP contribution in [0.3, 0.4) is 0 Å². The minimum Gasteiger partial charge on any atom is -0.378 e. The molecule has 134 valence electrons. The van der Waals surface area contributed by atoms with E-state index in [4.69, 9.17) is 4.74 Å². The lowest BCUT2D eigenvalue weighted by Crippen LogP contribution is -2.46. The number of morpholine rings is 1. The van der Waals surface area contributed by atoms with Crippen molar-refractivity contribution in [1.29, 1.82) is 0 Å². The van der Waals surface area contributed by atoms with Crippen LogP contribution in [0.4, 0.5) is 11.6 Å². The highest BCUT2D eigenvalue weighted by atomic mass is 32.1. The van der Waals surface area contributed by atoms with Gasteiger partial charge in [0.25, 0.3) is 0 Å². The summed E-state index contributed by atoms with van der Waals surface area (Å²) in [6.45, 7) is 6.08. The maximum absolute atomic E-state index is 5.43. The fraction of sp³-hybridized carbons (Fsp3) is 0.625. The Morgan fingerprint density at radius 3 is 2.80 bits per heavy atom. The average Bonchev–Trinajstić information content (AvgIpc) is 3.21. The fourth-order valence-electron chi connectivity index (χ4n) is 3.34. The summed E-state index contributed by atoms with van der Waals surface area (Å²) in [5, 5.41) is 9.68. The molecule has 2 aromatic rings. The van der Waals surface area contributed by atoms with Crippen LogP contribution in [-0.4, -0.2) is 65.0 Å². The third-order valence-electron chi connectivity index (χ3n) is 4.70. The first-order chi connectivity index (χ1) is 12.4. The van der Waals surface area contributed by atoms with Gasteiger partial charge in [-0.3, -0.25) is 0 Å². The van der Waals surface area contributed by atoms with E-state index in [2.05, 4.69) is 40.7 Å². The normalized spacial score (nSPS) is 21.5. The molecule has 2 fully saturated rings. The Bertz CT molecular complexity index is 662. The SMILES string of the molecule is c1nc(N2CCOCC2)cc(N2CCCC(NCc3csnn3)C2)n1. The lowest BCUT2D eigenvalue weighted by atomic mass is 10.1. The highest BCUT2D eigenvalue weighted by Gasteiger charge is 2.22. The molecule has 2 aliphatic rings. The molecule has 1 unspecified atom stereocenters. The molecule has 0 radical (unpaired) electrons. The van der Waals surface area contributed by atoms with Gasteiger partial charge in [-0.1, -0.05) is 4.49 Å². The molecule has 25 heavy (non-hydrogen) atoms. The molecule has 0 aliphatic carbocycles. The predicted molar refractivity (Wildman–Crippen MR) is 97.0 cm³/mol. The largest absolute Gasteiger partial charge is 0.378 e. The lowest BCUT2D eigenvalue weighted by Gasteiger charge is -2.34. The van der Waals surface area contributed by atoms with E-state index in [-0.39, 0.29) is 0 Å². The van der Waals surface area contributed by atoms with Gasteiger partial charge in [-0.2, -0.15) is 0 Å². The molecule has 0 aromatic carbocycles. The molecule has 9 heteroatoms. The maximum atomic E-state index is 5.43. The quantitative estimate of drug-likeness (QED) is 0.842. The number of nitrogens with zero attached hydrogens (tertiary/aromatic N) is 6. The van der Waals surface area contributed by atoms with Crippen LogP contribution < -0.4 is 15.1 Å². The van der Waals surface area contributed by atoms with E-state index < -0.39 is 0 Å². The zero-order valence-electron chi connectivity index (χ0n) is 14.2. The zero-order chi connectivity index (χ0) is 16.9. The van der Waals surface area contributed by atoms with Crippen LogP contribution in [-0.2, 0) is 11.3 Å². The number of aromatic nitrogens is 4. The molecule has 4 heterocycles. The van der Waals surface area contributed by atoms with E-state index in [9.17, 15) is 0 Å². The molecule has 2 aromatic heterocycles. The zero-order valence-corrected chi connectivity index (χ0v) is 15.0. The summed E-state index contributed by atoms with van der Waals surface area (Å²) in [6, 6.07) is 2.55. The third kappa shape index (κ3) is 4.23. The molecule has 1 N–H and O–H groups in total. The molecule has 1 atom stereocenters. The van der Waals surface area contributed by atoms with E-state index in [1.807, 2.05) is 5.38 Å². The number of nitrogens with one attached hydrogen (secondary N) is 1. The molecular formula is C16H23N7OS. The Morgan fingerprint density at radius 1 is 1.16 bits per heavy atom. The van der Waals surface area contributed by atoms with E-state index in [1.165, 1.54) is 18.0 Å². The smallest absolute Gasteiger partial charge is 0.134 e. The van der Waals surface area contributed by atoms with E-state index in [1.54, 1.807) is 6.33 Å². The van der Waals surface area contributed by atoms with Gasteiger partial charge < -0.3 is 19.9 Å². The van der Waals surface area contributed by atoms with Gasteiger partial charge in [0.15, 0.2) is 0 Å². The van der Waals surface area contributed by atoms with Crippen LogP contribution in [0.1, 0.15) is 18.5 Å². The predicted octanol–water partition coefficient (Wildman–Crippen LogP) is 0.923. The number of piperidine rings is 1. The first kappa shape index (κ1) is 16.6. The van der Waals surface area contributed by atoms with Crippen molar-refractivity contribution in [2.24, 2.45) is 0 Å². The second kappa shape index (κ2) is 8.03. The molecular weight excluding hydrogens is 338 g/mol. The van der Waals surface area contributed by atoms with Crippen LogP contribution in [0.25, 0.3) is 0 Å². The van der Waals surface area contributed by atoms with Crippen molar-refractivity contribution in [3.8, 4) is 0 Å². The topological polar surface area (TPSA) is 79.3 Å². The molecule has 0 bridgehead atoms. The second-order valence-electron chi connectivity index (χ2n) is 6.40.